The first-order chi connectivity index (χ1) is 6.63. The molecule has 0 aliphatic carbocycles. The van der Waals surface area contributed by atoms with E-state index < -0.39 is 5.97 Å². The summed E-state index contributed by atoms with van der Waals surface area (Å²) in [6.07, 6.45) is 0.582. The predicted octanol–water partition coefficient (Wildman–Crippen LogP) is 1.88. The van der Waals surface area contributed by atoms with Gasteiger partial charge in [-0.05, 0) is 30.5 Å². The number of rotatable bonds is 3. The van der Waals surface area contributed by atoms with Gasteiger partial charge in [0.2, 0.25) is 0 Å². The summed E-state index contributed by atoms with van der Waals surface area (Å²) < 4.78 is 0. The van der Waals surface area contributed by atoms with Crippen molar-refractivity contribution in [1.29, 1.82) is 5.26 Å². The van der Waals surface area contributed by atoms with Crippen molar-refractivity contribution in [3.05, 3.63) is 34.9 Å². The molecule has 1 aromatic carbocycles. The SMILES string of the molecule is Cc1ccc(CCC(=O)O)cc1C#N. The predicted molar refractivity (Wildman–Crippen MR) is 51.9 cm³/mol. The Labute approximate surface area is 82.6 Å². The Hall–Kier alpha value is -1.82. The van der Waals surface area contributed by atoms with Crippen LogP contribution in [0.2, 0.25) is 0 Å². The van der Waals surface area contributed by atoms with Crippen LogP contribution >= 0.6 is 0 Å². The zero-order valence-electron chi connectivity index (χ0n) is 7.95. The molecule has 0 heterocycles. The van der Waals surface area contributed by atoms with Gasteiger partial charge in [0.25, 0.3) is 0 Å². The van der Waals surface area contributed by atoms with E-state index in [4.69, 9.17) is 10.4 Å². The molecule has 0 fully saturated rings. The molecular weight excluding hydrogens is 178 g/mol. The zero-order valence-corrected chi connectivity index (χ0v) is 7.95. The van der Waals surface area contributed by atoms with E-state index in [9.17, 15) is 4.79 Å². The number of hydrogen-bond acceptors (Lipinski definition) is 2. The molecule has 1 aromatic rings. The standard InChI is InChI=1S/C11H11NO2/c1-8-2-3-9(4-5-11(13)14)6-10(8)7-12/h2-3,6H,4-5H2,1H3,(H,13,14). The van der Waals surface area contributed by atoms with Crippen molar-refractivity contribution in [1.82, 2.24) is 0 Å². The van der Waals surface area contributed by atoms with E-state index in [1.165, 1.54) is 0 Å². The van der Waals surface area contributed by atoms with Crippen LogP contribution in [0.15, 0.2) is 18.2 Å². The van der Waals surface area contributed by atoms with Crippen LogP contribution < -0.4 is 0 Å². The van der Waals surface area contributed by atoms with Gasteiger partial charge < -0.3 is 5.11 Å². The molecule has 0 radical (unpaired) electrons. The number of nitriles is 1. The Morgan fingerprint density at radius 2 is 2.29 bits per heavy atom. The molecule has 14 heavy (non-hydrogen) atoms. The third-order valence-corrected chi connectivity index (χ3v) is 2.05. The van der Waals surface area contributed by atoms with Crippen LogP contribution in [0.5, 0.6) is 0 Å². The van der Waals surface area contributed by atoms with Gasteiger partial charge in [0, 0.05) is 6.42 Å². The Balaban J connectivity index is 2.80. The van der Waals surface area contributed by atoms with Gasteiger partial charge in [-0.1, -0.05) is 12.1 Å². The smallest absolute Gasteiger partial charge is 0.303 e. The van der Waals surface area contributed by atoms with E-state index in [2.05, 4.69) is 6.07 Å². The lowest BCUT2D eigenvalue weighted by atomic mass is 10.0. The van der Waals surface area contributed by atoms with Crippen molar-refractivity contribution in [3.8, 4) is 6.07 Å². The lowest BCUT2D eigenvalue weighted by Crippen LogP contribution is -1.98. The Kier molecular flexibility index (Phi) is 3.24. The van der Waals surface area contributed by atoms with Crippen LogP contribution in [-0.2, 0) is 11.2 Å². The largest absolute Gasteiger partial charge is 0.481 e. The van der Waals surface area contributed by atoms with Gasteiger partial charge in [-0.3, -0.25) is 4.79 Å². The third kappa shape index (κ3) is 2.60. The molecule has 3 nitrogen and oxygen atoms in total. The fourth-order valence-corrected chi connectivity index (χ4v) is 1.20. The second-order valence-electron chi connectivity index (χ2n) is 3.15. The fraction of sp³-hybridized carbons (Fsp3) is 0.273. The highest BCUT2D eigenvalue weighted by Gasteiger charge is 2.02. The quantitative estimate of drug-likeness (QED) is 0.789. The Morgan fingerprint density at radius 1 is 1.57 bits per heavy atom. The van der Waals surface area contributed by atoms with Crippen molar-refractivity contribution in [2.75, 3.05) is 0 Å². The van der Waals surface area contributed by atoms with Gasteiger partial charge in [-0.2, -0.15) is 5.26 Å². The van der Waals surface area contributed by atoms with Gasteiger partial charge in [-0.25, -0.2) is 0 Å². The molecule has 1 N–H and O–H groups in total. The van der Waals surface area contributed by atoms with Crippen LogP contribution in [0.1, 0.15) is 23.1 Å². The normalized spacial score (nSPS) is 9.43. The maximum absolute atomic E-state index is 10.3. The molecule has 0 bridgehead atoms. The average molecular weight is 189 g/mol. The van der Waals surface area contributed by atoms with Crippen LogP contribution in [0.4, 0.5) is 0 Å². The molecule has 0 amide bonds. The number of carboxylic acids is 1. The number of hydrogen-bond donors (Lipinski definition) is 1. The van der Waals surface area contributed by atoms with Gasteiger partial charge in [0.05, 0.1) is 11.6 Å². The molecule has 0 aliphatic rings. The fourth-order valence-electron chi connectivity index (χ4n) is 1.20. The molecule has 0 unspecified atom stereocenters. The maximum atomic E-state index is 10.3. The molecule has 0 atom stereocenters. The summed E-state index contributed by atoms with van der Waals surface area (Å²) in [7, 11) is 0. The summed E-state index contributed by atoms with van der Waals surface area (Å²) >= 11 is 0. The second kappa shape index (κ2) is 4.43. The summed E-state index contributed by atoms with van der Waals surface area (Å²) in [5, 5.41) is 17.2. The lowest BCUT2D eigenvalue weighted by Gasteiger charge is -2.01. The molecule has 0 saturated heterocycles. The maximum Gasteiger partial charge on any atom is 0.303 e. The van der Waals surface area contributed by atoms with Crippen molar-refractivity contribution in [2.45, 2.75) is 19.8 Å². The van der Waals surface area contributed by atoms with Gasteiger partial charge in [0.15, 0.2) is 0 Å². The zero-order chi connectivity index (χ0) is 10.6. The molecule has 0 saturated carbocycles. The minimum Gasteiger partial charge on any atom is -0.481 e. The summed E-state index contributed by atoms with van der Waals surface area (Å²) in [6.45, 7) is 1.86. The molecule has 0 aromatic heterocycles. The molecule has 1 rings (SSSR count). The minimum atomic E-state index is -0.816. The van der Waals surface area contributed by atoms with E-state index in [1.54, 1.807) is 6.07 Å². The molecule has 72 valence electrons. The van der Waals surface area contributed by atoms with Crippen LogP contribution in [-0.4, -0.2) is 11.1 Å². The first-order valence-corrected chi connectivity index (χ1v) is 4.35. The van der Waals surface area contributed by atoms with Crippen molar-refractivity contribution in [2.24, 2.45) is 0 Å². The number of nitrogens with zero attached hydrogens (tertiary/aromatic N) is 1. The summed E-state index contributed by atoms with van der Waals surface area (Å²) in [5.41, 5.74) is 2.44. The van der Waals surface area contributed by atoms with E-state index in [-0.39, 0.29) is 6.42 Å². The topological polar surface area (TPSA) is 61.1 Å². The highest BCUT2D eigenvalue weighted by Crippen LogP contribution is 2.11. The number of benzene rings is 1. The van der Waals surface area contributed by atoms with Crippen molar-refractivity contribution in [3.63, 3.8) is 0 Å². The monoisotopic (exact) mass is 189 g/mol. The molecule has 0 aliphatic heterocycles. The lowest BCUT2D eigenvalue weighted by molar-refractivity contribution is -0.136. The number of carbonyl (C=O) groups is 1. The number of carboxylic acid groups (broad SMARTS) is 1. The van der Waals surface area contributed by atoms with E-state index >= 15 is 0 Å². The van der Waals surface area contributed by atoms with Gasteiger partial charge in [-0.15, -0.1) is 0 Å². The van der Waals surface area contributed by atoms with E-state index in [1.807, 2.05) is 19.1 Å². The minimum absolute atomic E-state index is 0.105. The van der Waals surface area contributed by atoms with E-state index in [0.29, 0.717) is 12.0 Å². The highest BCUT2D eigenvalue weighted by molar-refractivity contribution is 5.67. The first kappa shape index (κ1) is 10.3. The van der Waals surface area contributed by atoms with Gasteiger partial charge >= 0.3 is 5.97 Å². The van der Waals surface area contributed by atoms with Crippen LogP contribution in [0.25, 0.3) is 0 Å². The number of aryl methyl sites for hydroxylation is 2. The Morgan fingerprint density at radius 3 is 2.86 bits per heavy atom. The Bertz CT molecular complexity index is 391. The van der Waals surface area contributed by atoms with Crippen molar-refractivity contribution >= 4 is 5.97 Å². The second-order valence-corrected chi connectivity index (χ2v) is 3.15. The summed E-state index contributed by atoms with van der Waals surface area (Å²) in [5.74, 6) is -0.816. The highest BCUT2D eigenvalue weighted by atomic mass is 16.4. The van der Waals surface area contributed by atoms with Crippen LogP contribution in [0, 0.1) is 18.3 Å². The number of aliphatic carboxylic acids is 1. The van der Waals surface area contributed by atoms with Crippen LogP contribution in [0.3, 0.4) is 0 Å². The first-order valence-electron chi connectivity index (χ1n) is 4.35. The molecule has 3 heteroatoms. The molecule has 0 spiro atoms. The average Bonchev–Trinajstić information content (AvgIpc) is 2.16. The van der Waals surface area contributed by atoms with Gasteiger partial charge in [0.1, 0.15) is 0 Å². The molecular formula is C11H11NO2. The third-order valence-electron chi connectivity index (χ3n) is 2.05. The summed E-state index contributed by atoms with van der Waals surface area (Å²) in [6, 6.07) is 7.53. The van der Waals surface area contributed by atoms with E-state index in [0.717, 1.165) is 11.1 Å². The summed E-state index contributed by atoms with van der Waals surface area (Å²) in [4.78, 5) is 10.3. The van der Waals surface area contributed by atoms with Crippen molar-refractivity contribution < 1.29 is 9.90 Å².